The Kier molecular flexibility index (Phi) is 4.08. The number of benzene rings is 2. The fourth-order valence-corrected chi connectivity index (χ4v) is 3.44. The van der Waals surface area contributed by atoms with Gasteiger partial charge >= 0.3 is 0 Å². The van der Waals surface area contributed by atoms with Crippen LogP contribution in [0, 0.1) is 0 Å². The Morgan fingerprint density at radius 1 is 0.955 bits per heavy atom. The summed E-state index contributed by atoms with van der Waals surface area (Å²) in [5.41, 5.74) is 3.45. The van der Waals surface area contributed by atoms with Crippen LogP contribution in [0.1, 0.15) is 31.9 Å². The third-order valence-electron chi connectivity index (χ3n) is 3.18. The molecule has 1 aliphatic heterocycles. The van der Waals surface area contributed by atoms with Crippen LogP contribution in [0.25, 0.3) is 11.0 Å². The molecule has 2 aromatic rings. The lowest BCUT2D eigenvalue weighted by atomic mass is 10.1. The van der Waals surface area contributed by atoms with Crippen LogP contribution in [0.4, 0.5) is 5.69 Å². The van der Waals surface area contributed by atoms with Crippen LogP contribution in [0.2, 0.25) is 0 Å². The number of hydrogen-bond donors (Lipinski definition) is 1. The summed E-state index contributed by atoms with van der Waals surface area (Å²) in [5.74, 6) is 0. The van der Waals surface area contributed by atoms with Crippen molar-refractivity contribution in [2.24, 2.45) is 4.99 Å². The summed E-state index contributed by atoms with van der Waals surface area (Å²) in [6, 6.07) is 18.8. The molecule has 3 rings (SSSR count). The fourth-order valence-electron chi connectivity index (χ4n) is 2.27. The molecule has 0 unspecified atom stereocenters. The van der Waals surface area contributed by atoms with E-state index in [1.54, 1.807) is 11.8 Å². The van der Waals surface area contributed by atoms with Crippen molar-refractivity contribution in [1.82, 2.24) is 0 Å². The molecule has 22 heavy (non-hydrogen) atoms. The second kappa shape index (κ2) is 6.01. The van der Waals surface area contributed by atoms with E-state index in [-0.39, 0.29) is 5.54 Å². The molecule has 2 aromatic carbocycles. The van der Waals surface area contributed by atoms with Crippen LogP contribution in [0.3, 0.4) is 0 Å². The maximum Gasteiger partial charge on any atom is 0.166 e. The zero-order chi connectivity index (χ0) is 15.6. The fraction of sp³-hybridized carbons (Fsp3) is 0.211. The summed E-state index contributed by atoms with van der Waals surface area (Å²) in [4.78, 5) is 6.01. The van der Waals surface area contributed by atoms with Gasteiger partial charge in [0.25, 0.3) is 0 Å². The van der Waals surface area contributed by atoms with Crippen molar-refractivity contribution >= 4 is 33.6 Å². The van der Waals surface area contributed by atoms with Gasteiger partial charge in [0.15, 0.2) is 5.17 Å². The molecule has 1 heterocycles. The van der Waals surface area contributed by atoms with E-state index < -0.39 is 0 Å². The molecule has 0 radical (unpaired) electrons. The number of nitrogens with one attached hydrogen (secondary N) is 1. The van der Waals surface area contributed by atoms with Crippen LogP contribution >= 0.6 is 11.8 Å². The van der Waals surface area contributed by atoms with Crippen molar-refractivity contribution in [3.05, 3.63) is 65.7 Å². The Morgan fingerprint density at radius 2 is 1.64 bits per heavy atom. The largest absolute Gasteiger partial charge is 0.334 e. The van der Waals surface area contributed by atoms with Gasteiger partial charge in [-0.05, 0) is 38.5 Å². The Labute approximate surface area is 136 Å². The monoisotopic (exact) mass is 308 g/mol. The van der Waals surface area contributed by atoms with E-state index in [9.17, 15) is 0 Å². The molecule has 0 bridgehead atoms. The van der Waals surface area contributed by atoms with Crippen molar-refractivity contribution in [2.75, 3.05) is 5.32 Å². The first-order valence-corrected chi connectivity index (χ1v) is 8.24. The van der Waals surface area contributed by atoms with Gasteiger partial charge in [0.05, 0.1) is 5.54 Å². The van der Waals surface area contributed by atoms with Crippen molar-refractivity contribution < 1.29 is 0 Å². The number of rotatable bonds is 1. The Hall–Kier alpha value is -2.00. The standard InChI is InChI=1S/C19H20N2S/c1-19(2,3)21-18-20-16-12-8-7-11-15(16)17(22-18)13-14-9-5-4-6-10-14/h4-13H,1-3H3,(H,20,21)/b17-13-. The van der Waals surface area contributed by atoms with Gasteiger partial charge in [-0.25, -0.2) is 0 Å². The lowest BCUT2D eigenvalue weighted by Gasteiger charge is -2.24. The molecule has 2 nitrogen and oxygen atoms in total. The van der Waals surface area contributed by atoms with E-state index in [0.29, 0.717) is 0 Å². The van der Waals surface area contributed by atoms with Gasteiger partial charge in [-0.1, -0.05) is 60.3 Å². The van der Waals surface area contributed by atoms with E-state index in [1.165, 1.54) is 16.0 Å². The minimum Gasteiger partial charge on any atom is -0.334 e. The molecule has 0 saturated heterocycles. The van der Waals surface area contributed by atoms with Crippen molar-refractivity contribution in [1.29, 1.82) is 0 Å². The number of aliphatic imine (C=N–C) groups is 1. The quantitative estimate of drug-likeness (QED) is 0.752. The van der Waals surface area contributed by atoms with Crippen LogP contribution in [0.15, 0.2) is 59.6 Å². The zero-order valence-corrected chi connectivity index (χ0v) is 13.9. The zero-order valence-electron chi connectivity index (χ0n) is 13.1. The van der Waals surface area contributed by atoms with E-state index >= 15 is 0 Å². The highest BCUT2D eigenvalue weighted by Crippen LogP contribution is 2.40. The Morgan fingerprint density at radius 3 is 2.36 bits per heavy atom. The molecular formula is C19H20N2S. The highest BCUT2D eigenvalue weighted by molar-refractivity contribution is 8.22. The third kappa shape index (κ3) is 3.60. The van der Waals surface area contributed by atoms with Crippen LogP contribution in [-0.2, 0) is 0 Å². The predicted molar refractivity (Wildman–Crippen MR) is 99.2 cm³/mol. The minimum atomic E-state index is -0.0977. The molecule has 0 spiro atoms. The molecule has 112 valence electrons. The van der Waals surface area contributed by atoms with Crippen LogP contribution in [0.5, 0.6) is 0 Å². The van der Waals surface area contributed by atoms with E-state index in [4.69, 9.17) is 4.99 Å². The first-order valence-electron chi connectivity index (χ1n) is 7.42. The molecule has 0 saturated carbocycles. The normalized spacial score (nSPS) is 18.1. The van der Waals surface area contributed by atoms with E-state index in [2.05, 4.69) is 80.7 Å². The minimum absolute atomic E-state index is 0.0977. The van der Waals surface area contributed by atoms with Crippen molar-refractivity contribution in [3.8, 4) is 0 Å². The second-order valence-electron chi connectivity index (χ2n) is 6.28. The Balaban J connectivity index is 2.05. The lowest BCUT2D eigenvalue weighted by molar-refractivity contribution is 0.585. The predicted octanol–water partition coefficient (Wildman–Crippen LogP) is 5.50. The molecule has 1 N–H and O–H groups in total. The topological polar surface area (TPSA) is 24.4 Å². The molecular weight excluding hydrogens is 288 g/mol. The number of thioether (sulfide) groups is 1. The van der Waals surface area contributed by atoms with Gasteiger partial charge < -0.3 is 5.32 Å². The number of nitrogens with zero attached hydrogens (tertiary/aromatic N) is 1. The van der Waals surface area contributed by atoms with E-state index in [0.717, 1.165) is 10.9 Å². The van der Waals surface area contributed by atoms with Crippen LogP contribution in [-0.4, -0.2) is 10.7 Å². The SMILES string of the molecule is CC(C)(C)N=C1Nc2ccccc2/C(=C/c2ccccc2)S1. The summed E-state index contributed by atoms with van der Waals surface area (Å²) in [5, 5.41) is 4.39. The van der Waals surface area contributed by atoms with Crippen LogP contribution < -0.4 is 5.32 Å². The highest BCUT2D eigenvalue weighted by atomic mass is 32.2. The summed E-state index contributed by atoms with van der Waals surface area (Å²) >= 11 is 1.70. The number of hydrogen-bond acceptors (Lipinski definition) is 2. The molecule has 0 amide bonds. The number of amidine groups is 1. The van der Waals surface area contributed by atoms with Gasteiger partial charge in [-0.3, -0.25) is 4.99 Å². The average molecular weight is 308 g/mol. The molecule has 0 atom stereocenters. The summed E-state index contributed by atoms with van der Waals surface area (Å²) in [6.45, 7) is 6.34. The summed E-state index contributed by atoms with van der Waals surface area (Å²) in [6.07, 6.45) is 2.22. The smallest absolute Gasteiger partial charge is 0.166 e. The number of fused-ring (bicyclic) bond motifs is 1. The van der Waals surface area contributed by atoms with Gasteiger partial charge in [0, 0.05) is 16.2 Å². The Bertz CT molecular complexity index is 725. The van der Waals surface area contributed by atoms with Crippen molar-refractivity contribution in [2.45, 2.75) is 26.3 Å². The second-order valence-corrected chi connectivity index (χ2v) is 7.31. The number of anilines is 1. The molecule has 0 aromatic heterocycles. The average Bonchev–Trinajstić information content (AvgIpc) is 2.46. The van der Waals surface area contributed by atoms with Gasteiger partial charge in [-0.2, -0.15) is 0 Å². The van der Waals surface area contributed by atoms with Gasteiger partial charge in [0.2, 0.25) is 0 Å². The highest BCUT2D eigenvalue weighted by Gasteiger charge is 2.20. The first-order chi connectivity index (χ1) is 10.5. The summed E-state index contributed by atoms with van der Waals surface area (Å²) < 4.78 is 0. The molecule has 3 heteroatoms. The molecule has 0 aliphatic carbocycles. The summed E-state index contributed by atoms with van der Waals surface area (Å²) in [7, 11) is 0. The first kappa shape index (κ1) is 14.9. The number of para-hydroxylation sites is 1. The lowest BCUT2D eigenvalue weighted by Crippen LogP contribution is -2.20. The molecule has 0 fully saturated rings. The van der Waals surface area contributed by atoms with Gasteiger partial charge in [0.1, 0.15) is 0 Å². The van der Waals surface area contributed by atoms with Crippen molar-refractivity contribution in [3.63, 3.8) is 0 Å². The maximum absolute atomic E-state index is 4.79. The maximum atomic E-state index is 4.79. The third-order valence-corrected chi connectivity index (χ3v) is 4.12. The molecule has 1 aliphatic rings. The van der Waals surface area contributed by atoms with E-state index in [1.807, 2.05) is 6.07 Å². The van der Waals surface area contributed by atoms with Gasteiger partial charge in [-0.15, -0.1) is 0 Å².